The molecule has 158 valence electrons. The molecule has 0 aromatic heterocycles. The predicted molar refractivity (Wildman–Crippen MR) is 115 cm³/mol. The van der Waals surface area contributed by atoms with Crippen molar-refractivity contribution in [1.29, 1.82) is 5.41 Å². The van der Waals surface area contributed by atoms with Crippen LogP contribution in [0.4, 0.5) is 5.69 Å². The van der Waals surface area contributed by atoms with Crippen molar-refractivity contribution >= 4 is 27.5 Å². The largest absolute Gasteiger partial charge is 0.384 e. The maximum atomic E-state index is 13.3. The Hall–Kier alpha value is -2.91. The average Bonchev–Trinajstić information content (AvgIpc) is 2.78. The van der Waals surface area contributed by atoms with Gasteiger partial charge in [0.2, 0.25) is 10.0 Å². The van der Waals surface area contributed by atoms with Gasteiger partial charge in [0, 0.05) is 43.9 Å². The highest BCUT2D eigenvalue weighted by molar-refractivity contribution is 7.89. The van der Waals surface area contributed by atoms with Gasteiger partial charge in [-0.2, -0.15) is 4.31 Å². The quantitative estimate of drug-likeness (QED) is 0.504. The molecule has 8 nitrogen and oxygen atoms in total. The number of carbonyl (C=O) groups is 1. The Kier molecular flexibility index (Phi) is 5.48. The van der Waals surface area contributed by atoms with Crippen LogP contribution >= 0.6 is 0 Å². The normalized spacial score (nSPS) is 17.1. The van der Waals surface area contributed by atoms with Gasteiger partial charge in [0.25, 0.3) is 5.91 Å². The van der Waals surface area contributed by atoms with E-state index in [0.29, 0.717) is 34.8 Å². The van der Waals surface area contributed by atoms with E-state index in [1.807, 2.05) is 6.07 Å². The van der Waals surface area contributed by atoms with Crippen molar-refractivity contribution in [2.24, 2.45) is 5.73 Å². The van der Waals surface area contributed by atoms with E-state index in [2.05, 4.69) is 5.32 Å². The number of nitrogens with two attached hydrogens (primary N) is 1. The summed E-state index contributed by atoms with van der Waals surface area (Å²) in [6.07, 6.45) is 1.86. The van der Waals surface area contributed by atoms with E-state index >= 15 is 0 Å². The van der Waals surface area contributed by atoms with Crippen molar-refractivity contribution < 1.29 is 13.2 Å². The van der Waals surface area contributed by atoms with Gasteiger partial charge in [0.1, 0.15) is 10.7 Å². The van der Waals surface area contributed by atoms with E-state index < -0.39 is 10.0 Å². The lowest BCUT2D eigenvalue weighted by Crippen LogP contribution is -2.50. The molecule has 0 bridgehead atoms. The lowest BCUT2D eigenvalue weighted by molar-refractivity contribution is 0.0698. The zero-order chi connectivity index (χ0) is 21.3. The Morgan fingerprint density at radius 2 is 1.67 bits per heavy atom. The number of hydrogen-bond acceptors (Lipinski definition) is 5. The molecule has 30 heavy (non-hydrogen) atoms. The second-order valence-electron chi connectivity index (χ2n) is 7.51. The lowest BCUT2D eigenvalue weighted by atomic mass is 10.0. The first kappa shape index (κ1) is 20.4. The standard InChI is InChI=1S/C21H25N5O3S/c22-20(23)16-6-8-17(9-7-16)21(27)25-11-13-26(14-12-25)30(28,29)18-5-1-3-15-4-2-10-24-19(15)18/h1,3,5-9,24H,2,4,10-14H2,(H3,22,23). The Labute approximate surface area is 176 Å². The molecule has 1 amide bonds. The number of aryl methyl sites for hydroxylation is 1. The number of rotatable bonds is 4. The van der Waals surface area contributed by atoms with E-state index in [4.69, 9.17) is 11.1 Å². The minimum atomic E-state index is -3.64. The second kappa shape index (κ2) is 8.08. The molecule has 1 fully saturated rings. The number of anilines is 1. The number of amides is 1. The molecule has 9 heteroatoms. The van der Waals surface area contributed by atoms with Gasteiger partial charge in [-0.1, -0.05) is 24.3 Å². The number of hydrogen-bond donors (Lipinski definition) is 3. The van der Waals surface area contributed by atoms with E-state index in [-0.39, 0.29) is 24.8 Å². The summed E-state index contributed by atoms with van der Waals surface area (Å²) < 4.78 is 28.0. The first-order valence-corrected chi connectivity index (χ1v) is 11.4. The monoisotopic (exact) mass is 427 g/mol. The maximum Gasteiger partial charge on any atom is 0.253 e. The Bertz CT molecular complexity index is 1070. The zero-order valence-corrected chi connectivity index (χ0v) is 17.4. The van der Waals surface area contributed by atoms with Crippen LogP contribution in [0.25, 0.3) is 0 Å². The number of amidine groups is 1. The third-order valence-corrected chi connectivity index (χ3v) is 7.56. The fourth-order valence-electron chi connectivity index (χ4n) is 3.94. The first-order chi connectivity index (χ1) is 14.4. The summed E-state index contributed by atoms with van der Waals surface area (Å²) in [7, 11) is -3.64. The number of piperazine rings is 1. The van der Waals surface area contributed by atoms with Crippen LogP contribution in [0.3, 0.4) is 0 Å². The highest BCUT2D eigenvalue weighted by atomic mass is 32.2. The van der Waals surface area contributed by atoms with Crippen LogP contribution in [0, 0.1) is 5.41 Å². The van der Waals surface area contributed by atoms with Crippen LogP contribution in [0.1, 0.15) is 27.9 Å². The van der Waals surface area contributed by atoms with Crippen LogP contribution < -0.4 is 11.1 Å². The van der Waals surface area contributed by atoms with Crippen molar-refractivity contribution in [3.63, 3.8) is 0 Å². The van der Waals surface area contributed by atoms with E-state index in [0.717, 1.165) is 24.9 Å². The van der Waals surface area contributed by atoms with Crippen LogP contribution in [-0.2, 0) is 16.4 Å². The van der Waals surface area contributed by atoms with Crippen LogP contribution in [-0.4, -0.2) is 62.1 Å². The minimum absolute atomic E-state index is 0.0505. The third-order valence-electron chi connectivity index (χ3n) is 5.62. The molecule has 0 spiro atoms. The Morgan fingerprint density at radius 3 is 2.33 bits per heavy atom. The molecule has 1 saturated heterocycles. The smallest absolute Gasteiger partial charge is 0.253 e. The highest BCUT2D eigenvalue weighted by Gasteiger charge is 2.33. The predicted octanol–water partition coefficient (Wildman–Crippen LogP) is 1.48. The summed E-state index contributed by atoms with van der Waals surface area (Å²) >= 11 is 0. The molecular formula is C21H25N5O3S. The summed E-state index contributed by atoms with van der Waals surface area (Å²) in [5.41, 5.74) is 8.25. The SMILES string of the molecule is N=C(N)c1ccc(C(=O)N2CCN(S(=O)(=O)c3cccc4c3NCCC4)CC2)cc1. The van der Waals surface area contributed by atoms with Gasteiger partial charge in [-0.25, -0.2) is 8.42 Å². The van der Waals surface area contributed by atoms with Crippen molar-refractivity contribution in [3.8, 4) is 0 Å². The molecule has 2 aliphatic heterocycles. The second-order valence-corrected chi connectivity index (χ2v) is 9.41. The van der Waals surface area contributed by atoms with Gasteiger partial charge in [0.15, 0.2) is 0 Å². The fourth-order valence-corrected chi connectivity index (χ4v) is 5.57. The van der Waals surface area contributed by atoms with E-state index in [9.17, 15) is 13.2 Å². The lowest BCUT2D eigenvalue weighted by Gasteiger charge is -2.34. The number of nitrogens with zero attached hydrogens (tertiary/aromatic N) is 2. The molecule has 4 N–H and O–H groups in total. The fraction of sp³-hybridized carbons (Fsp3) is 0.333. The molecule has 0 unspecified atom stereocenters. The molecule has 0 radical (unpaired) electrons. The molecule has 0 atom stereocenters. The number of nitrogens with one attached hydrogen (secondary N) is 2. The highest BCUT2D eigenvalue weighted by Crippen LogP contribution is 2.31. The zero-order valence-electron chi connectivity index (χ0n) is 16.6. The topological polar surface area (TPSA) is 120 Å². The number of nitrogen functional groups attached to an aromatic ring is 1. The molecular weight excluding hydrogens is 402 g/mol. The number of sulfonamides is 1. The Morgan fingerprint density at radius 1 is 1.00 bits per heavy atom. The van der Waals surface area contributed by atoms with Crippen LogP contribution in [0.15, 0.2) is 47.4 Å². The Balaban J connectivity index is 1.46. The van der Waals surface area contributed by atoms with Crippen molar-refractivity contribution in [1.82, 2.24) is 9.21 Å². The van der Waals surface area contributed by atoms with Crippen LogP contribution in [0.2, 0.25) is 0 Å². The van der Waals surface area contributed by atoms with Gasteiger partial charge >= 0.3 is 0 Å². The summed E-state index contributed by atoms with van der Waals surface area (Å²) in [5.74, 6) is -0.202. The molecule has 2 aliphatic rings. The van der Waals surface area contributed by atoms with Crippen LogP contribution in [0.5, 0.6) is 0 Å². The molecule has 0 saturated carbocycles. The third kappa shape index (κ3) is 3.78. The number of fused-ring (bicyclic) bond motifs is 1. The number of carbonyl (C=O) groups excluding carboxylic acids is 1. The number of benzene rings is 2. The number of para-hydroxylation sites is 1. The average molecular weight is 428 g/mol. The molecule has 4 rings (SSSR count). The molecule has 2 heterocycles. The summed E-state index contributed by atoms with van der Waals surface area (Å²) in [6.45, 7) is 1.93. The first-order valence-electron chi connectivity index (χ1n) is 9.97. The van der Waals surface area contributed by atoms with E-state index in [1.165, 1.54) is 4.31 Å². The van der Waals surface area contributed by atoms with Crippen molar-refractivity contribution in [2.45, 2.75) is 17.7 Å². The van der Waals surface area contributed by atoms with E-state index in [1.54, 1.807) is 41.3 Å². The van der Waals surface area contributed by atoms with Gasteiger partial charge in [-0.05, 0) is 36.6 Å². The van der Waals surface area contributed by atoms with Gasteiger partial charge in [-0.3, -0.25) is 10.2 Å². The molecule has 0 aliphatic carbocycles. The summed E-state index contributed by atoms with van der Waals surface area (Å²) in [6, 6.07) is 12.0. The van der Waals surface area contributed by atoms with Gasteiger partial charge in [0.05, 0.1) is 5.69 Å². The van der Waals surface area contributed by atoms with Gasteiger partial charge in [-0.15, -0.1) is 0 Å². The summed E-state index contributed by atoms with van der Waals surface area (Å²) in [5, 5.41) is 10.7. The minimum Gasteiger partial charge on any atom is -0.384 e. The van der Waals surface area contributed by atoms with Gasteiger partial charge < -0.3 is 16.0 Å². The van der Waals surface area contributed by atoms with Crippen molar-refractivity contribution in [3.05, 3.63) is 59.2 Å². The summed E-state index contributed by atoms with van der Waals surface area (Å²) in [4.78, 5) is 14.7. The van der Waals surface area contributed by atoms with Crippen molar-refractivity contribution in [2.75, 3.05) is 38.0 Å². The molecule has 2 aromatic carbocycles. The molecule has 2 aromatic rings. The maximum absolute atomic E-state index is 13.3.